The van der Waals surface area contributed by atoms with Gasteiger partial charge in [-0.3, -0.25) is 9.36 Å². The average Bonchev–Trinajstić information content (AvgIpc) is 3.40. The third-order valence-corrected chi connectivity index (χ3v) is 6.67. The molecule has 0 unspecified atom stereocenters. The molecule has 0 spiro atoms. The Morgan fingerprint density at radius 3 is 2.13 bits per heavy atom. The highest BCUT2D eigenvalue weighted by Gasteiger charge is 2.18. The normalized spacial score (nSPS) is 10.9. The van der Waals surface area contributed by atoms with Crippen molar-refractivity contribution in [1.29, 1.82) is 0 Å². The topological polar surface area (TPSA) is 109 Å². The van der Waals surface area contributed by atoms with E-state index < -0.39 is 0 Å². The van der Waals surface area contributed by atoms with Crippen LogP contribution in [0.15, 0.2) is 70.9 Å². The fraction of sp³-hybridized carbons (Fsp3) is 0.214. The molecule has 39 heavy (non-hydrogen) atoms. The summed E-state index contributed by atoms with van der Waals surface area (Å²) in [4.78, 5) is 12.7. The number of nitrogens with zero attached hydrogens (tertiary/aromatic N) is 4. The Balaban J connectivity index is 1.52. The summed E-state index contributed by atoms with van der Waals surface area (Å²) in [6, 6.07) is 19.0. The van der Waals surface area contributed by atoms with Crippen molar-refractivity contribution in [2.45, 2.75) is 12.1 Å². The molecule has 1 N–H and O–H groups in total. The van der Waals surface area contributed by atoms with Gasteiger partial charge < -0.3 is 18.9 Å². The zero-order chi connectivity index (χ0) is 27.8. The number of hydrogen-bond donors (Lipinski definition) is 1. The van der Waals surface area contributed by atoms with E-state index in [1.54, 1.807) is 26.4 Å². The number of thioether (sulfide) groups is 1. The van der Waals surface area contributed by atoms with Gasteiger partial charge in [-0.1, -0.05) is 29.5 Å². The maximum Gasteiger partial charge on any atom is 0.250 e. The molecule has 1 aromatic heterocycles. The summed E-state index contributed by atoms with van der Waals surface area (Å²) in [5, 5.41) is 13.5. The first-order chi connectivity index (χ1) is 19.0. The van der Waals surface area contributed by atoms with Gasteiger partial charge in [0, 0.05) is 23.4 Å². The van der Waals surface area contributed by atoms with E-state index in [4.69, 9.17) is 18.9 Å². The zero-order valence-electron chi connectivity index (χ0n) is 22.3. The second-order valence-electron chi connectivity index (χ2n) is 8.23. The van der Waals surface area contributed by atoms with Crippen molar-refractivity contribution in [3.8, 4) is 40.1 Å². The summed E-state index contributed by atoms with van der Waals surface area (Å²) in [6.45, 7) is 2.03. The Morgan fingerprint density at radius 1 is 0.897 bits per heavy atom. The number of aryl methyl sites for hydroxylation is 1. The molecule has 0 atom stereocenters. The molecular weight excluding hydrogens is 518 g/mol. The number of benzene rings is 3. The van der Waals surface area contributed by atoms with E-state index in [0.717, 1.165) is 22.6 Å². The van der Waals surface area contributed by atoms with E-state index in [1.165, 1.54) is 32.2 Å². The summed E-state index contributed by atoms with van der Waals surface area (Å²) in [5.41, 5.74) is 6.00. The molecule has 0 bridgehead atoms. The molecule has 0 saturated heterocycles. The lowest BCUT2D eigenvalue weighted by Crippen LogP contribution is -2.20. The van der Waals surface area contributed by atoms with Crippen LogP contribution in [0.25, 0.3) is 17.1 Å². The van der Waals surface area contributed by atoms with Crippen LogP contribution in [0.5, 0.6) is 23.0 Å². The van der Waals surface area contributed by atoms with Gasteiger partial charge in [0.2, 0.25) is 0 Å². The molecule has 0 radical (unpaired) electrons. The smallest absolute Gasteiger partial charge is 0.250 e. The van der Waals surface area contributed by atoms with Crippen LogP contribution in [0.2, 0.25) is 0 Å². The van der Waals surface area contributed by atoms with Gasteiger partial charge in [0.05, 0.1) is 46.0 Å². The SMILES string of the molecule is COc1ccc(-c2nnc(SCC(=O)NN=Cc3c(OC)cc(OC)cc3OC)n2-c2ccc(C)cc2)cc1. The first-order valence-corrected chi connectivity index (χ1v) is 12.9. The van der Waals surface area contributed by atoms with Crippen LogP contribution in [0.4, 0.5) is 0 Å². The largest absolute Gasteiger partial charge is 0.497 e. The lowest BCUT2D eigenvalue weighted by Gasteiger charge is -2.12. The number of nitrogens with one attached hydrogen (secondary N) is 1. The molecule has 0 aliphatic carbocycles. The Hall–Kier alpha value is -4.51. The van der Waals surface area contributed by atoms with Crippen molar-refractivity contribution >= 4 is 23.9 Å². The Labute approximate surface area is 231 Å². The summed E-state index contributed by atoms with van der Waals surface area (Å²) in [5.74, 6) is 2.73. The quantitative estimate of drug-likeness (QED) is 0.166. The van der Waals surface area contributed by atoms with Gasteiger partial charge in [-0.2, -0.15) is 5.10 Å². The van der Waals surface area contributed by atoms with Crippen LogP contribution in [-0.2, 0) is 4.79 Å². The van der Waals surface area contributed by atoms with Crippen LogP contribution < -0.4 is 24.4 Å². The summed E-state index contributed by atoms with van der Waals surface area (Å²) in [6.07, 6.45) is 1.47. The second kappa shape index (κ2) is 12.8. The molecule has 10 nitrogen and oxygen atoms in total. The van der Waals surface area contributed by atoms with E-state index in [1.807, 2.05) is 60.0 Å². The van der Waals surface area contributed by atoms with E-state index in [2.05, 4.69) is 20.7 Å². The summed E-state index contributed by atoms with van der Waals surface area (Å²) in [7, 11) is 6.24. The van der Waals surface area contributed by atoms with Gasteiger partial charge in [-0.25, -0.2) is 5.43 Å². The van der Waals surface area contributed by atoms with Gasteiger partial charge in [0.25, 0.3) is 5.91 Å². The van der Waals surface area contributed by atoms with Gasteiger partial charge in [0.15, 0.2) is 11.0 Å². The van der Waals surface area contributed by atoms with E-state index in [9.17, 15) is 4.79 Å². The number of hydrazone groups is 1. The fourth-order valence-corrected chi connectivity index (χ4v) is 4.45. The van der Waals surface area contributed by atoms with Crippen molar-refractivity contribution in [3.05, 3.63) is 71.8 Å². The maximum absolute atomic E-state index is 12.7. The predicted octanol–water partition coefficient (Wildman–Crippen LogP) is 4.52. The summed E-state index contributed by atoms with van der Waals surface area (Å²) < 4.78 is 23.3. The number of amides is 1. The minimum absolute atomic E-state index is 0.0703. The molecule has 4 rings (SSSR count). The minimum atomic E-state index is -0.313. The van der Waals surface area contributed by atoms with Crippen LogP contribution in [-0.4, -0.2) is 61.1 Å². The average molecular weight is 548 g/mol. The third-order valence-electron chi connectivity index (χ3n) is 5.74. The number of rotatable bonds is 11. The third kappa shape index (κ3) is 6.50. The Kier molecular flexibility index (Phi) is 9.06. The first kappa shape index (κ1) is 27.5. The lowest BCUT2D eigenvalue weighted by molar-refractivity contribution is -0.118. The molecule has 0 aliphatic rings. The second-order valence-corrected chi connectivity index (χ2v) is 9.18. The molecule has 0 saturated carbocycles. The van der Waals surface area contributed by atoms with E-state index in [-0.39, 0.29) is 11.7 Å². The zero-order valence-corrected chi connectivity index (χ0v) is 23.1. The van der Waals surface area contributed by atoms with Crippen molar-refractivity contribution < 1.29 is 23.7 Å². The van der Waals surface area contributed by atoms with Gasteiger partial charge in [0.1, 0.15) is 23.0 Å². The molecule has 11 heteroatoms. The van der Waals surface area contributed by atoms with Crippen molar-refractivity contribution in [2.75, 3.05) is 34.2 Å². The number of ether oxygens (including phenoxy) is 4. The summed E-state index contributed by atoms with van der Waals surface area (Å²) >= 11 is 1.26. The predicted molar refractivity (Wildman–Crippen MR) is 151 cm³/mol. The molecular formula is C28H29N5O5S. The van der Waals surface area contributed by atoms with Crippen LogP contribution in [0.1, 0.15) is 11.1 Å². The molecule has 0 aliphatic heterocycles. The lowest BCUT2D eigenvalue weighted by atomic mass is 10.2. The highest BCUT2D eigenvalue weighted by atomic mass is 32.2. The molecule has 4 aromatic rings. The highest BCUT2D eigenvalue weighted by molar-refractivity contribution is 7.99. The standard InChI is InChI=1S/C28H29N5O5S/c1-18-6-10-20(11-7-18)33-27(19-8-12-21(35-2)13-9-19)31-32-28(33)39-17-26(34)30-29-16-23-24(37-4)14-22(36-3)15-25(23)38-5/h6-16H,17H2,1-5H3,(H,30,34). The minimum Gasteiger partial charge on any atom is -0.497 e. The number of methoxy groups -OCH3 is 4. The molecule has 202 valence electrons. The van der Waals surface area contributed by atoms with Gasteiger partial charge >= 0.3 is 0 Å². The highest BCUT2D eigenvalue weighted by Crippen LogP contribution is 2.33. The van der Waals surface area contributed by atoms with Crippen molar-refractivity contribution in [3.63, 3.8) is 0 Å². The first-order valence-electron chi connectivity index (χ1n) is 11.9. The van der Waals surface area contributed by atoms with Gasteiger partial charge in [-0.15, -0.1) is 10.2 Å². The van der Waals surface area contributed by atoms with Crippen molar-refractivity contribution in [2.24, 2.45) is 5.10 Å². The monoisotopic (exact) mass is 547 g/mol. The van der Waals surface area contributed by atoms with Crippen LogP contribution in [0, 0.1) is 6.92 Å². The molecule has 3 aromatic carbocycles. The Bertz CT molecular complexity index is 1430. The van der Waals surface area contributed by atoms with Gasteiger partial charge in [-0.05, 0) is 43.3 Å². The molecule has 1 heterocycles. The van der Waals surface area contributed by atoms with Crippen LogP contribution in [0.3, 0.4) is 0 Å². The van der Waals surface area contributed by atoms with Crippen molar-refractivity contribution in [1.82, 2.24) is 20.2 Å². The molecule has 1 amide bonds. The number of aromatic nitrogens is 3. The maximum atomic E-state index is 12.7. The molecule has 0 fully saturated rings. The fourth-order valence-electron chi connectivity index (χ4n) is 3.71. The number of carbonyl (C=O) groups is 1. The number of hydrogen-bond acceptors (Lipinski definition) is 9. The van der Waals surface area contributed by atoms with E-state index in [0.29, 0.717) is 33.8 Å². The van der Waals surface area contributed by atoms with E-state index >= 15 is 0 Å². The Morgan fingerprint density at radius 2 is 1.54 bits per heavy atom. The number of carbonyl (C=O) groups excluding carboxylic acids is 1. The van der Waals surface area contributed by atoms with Crippen LogP contribution >= 0.6 is 11.8 Å².